The van der Waals surface area contributed by atoms with Gasteiger partial charge < -0.3 is 15.3 Å². The zero-order valence-electron chi connectivity index (χ0n) is 10.2. The second-order valence-corrected chi connectivity index (χ2v) is 4.46. The fraction of sp³-hybridized carbons (Fsp3) is 0.385. The summed E-state index contributed by atoms with van der Waals surface area (Å²) in [5.41, 5.74) is 0.650. The third kappa shape index (κ3) is 2.61. The Kier molecular flexibility index (Phi) is 3.50. The SMILES string of the molecule is CN(C(=O)C1CCC(=O)NC1)c1cccc(O)c1. The van der Waals surface area contributed by atoms with Crippen molar-refractivity contribution in [3.05, 3.63) is 24.3 Å². The standard InChI is InChI=1S/C13H16N2O3/c1-15(10-3-2-4-11(16)7-10)13(18)9-5-6-12(17)14-8-9/h2-4,7,9,16H,5-6,8H2,1H3,(H,14,17). The van der Waals surface area contributed by atoms with Crippen LogP contribution in [0.4, 0.5) is 5.69 Å². The van der Waals surface area contributed by atoms with E-state index in [-0.39, 0.29) is 23.5 Å². The molecule has 1 unspecified atom stereocenters. The minimum absolute atomic E-state index is 0.000872. The predicted octanol–water partition coefficient (Wildman–Crippen LogP) is 0.881. The van der Waals surface area contributed by atoms with Gasteiger partial charge in [0.25, 0.3) is 0 Å². The third-order valence-electron chi connectivity index (χ3n) is 3.16. The quantitative estimate of drug-likeness (QED) is 0.816. The van der Waals surface area contributed by atoms with Crippen molar-refractivity contribution in [3.8, 4) is 5.75 Å². The molecule has 2 amide bonds. The van der Waals surface area contributed by atoms with Crippen LogP contribution in [0.15, 0.2) is 24.3 Å². The van der Waals surface area contributed by atoms with Gasteiger partial charge in [-0.15, -0.1) is 0 Å². The van der Waals surface area contributed by atoms with Crippen LogP contribution >= 0.6 is 0 Å². The van der Waals surface area contributed by atoms with E-state index in [0.717, 1.165) is 0 Å². The van der Waals surface area contributed by atoms with E-state index in [1.807, 2.05) is 0 Å². The summed E-state index contributed by atoms with van der Waals surface area (Å²) in [5.74, 6) is -0.0983. The zero-order chi connectivity index (χ0) is 13.1. The molecule has 1 fully saturated rings. The topological polar surface area (TPSA) is 69.6 Å². The maximum Gasteiger partial charge on any atom is 0.231 e. The normalized spacial score (nSPS) is 19.2. The Morgan fingerprint density at radius 2 is 2.28 bits per heavy atom. The van der Waals surface area contributed by atoms with E-state index in [4.69, 9.17) is 0 Å². The molecule has 5 nitrogen and oxygen atoms in total. The molecule has 2 N–H and O–H groups in total. The van der Waals surface area contributed by atoms with Crippen molar-refractivity contribution in [2.24, 2.45) is 5.92 Å². The highest BCUT2D eigenvalue weighted by Gasteiger charge is 2.27. The number of nitrogens with zero attached hydrogens (tertiary/aromatic N) is 1. The summed E-state index contributed by atoms with van der Waals surface area (Å²) in [7, 11) is 1.67. The van der Waals surface area contributed by atoms with Crippen LogP contribution in [0.1, 0.15) is 12.8 Å². The van der Waals surface area contributed by atoms with Crippen LogP contribution in [0.25, 0.3) is 0 Å². The largest absolute Gasteiger partial charge is 0.508 e. The number of aromatic hydroxyl groups is 1. The average Bonchev–Trinajstić information content (AvgIpc) is 2.38. The van der Waals surface area contributed by atoms with Gasteiger partial charge in [-0.05, 0) is 18.6 Å². The number of carbonyl (C=O) groups is 2. The fourth-order valence-corrected chi connectivity index (χ4v) is 2.05. The van der Waals surface area contributed by atoms with Crippen LogP contribution in [0.3, 0.4) is 0 Å². The van der Waals surface area contributed by atoms with Crippen molar-refractivity contribution in [1.29, 1.82) is 0 Å². The Morgan fingerprint density at radius 1 is 1.50 bits per heavy atom. The van der Waals surface area contributed by atoms with Crippen LogP contribution in [-0.2, 0) is 9.59 Å². The molecule has 1 aromatic carbocycles. The smallest absolute Gasteiger partial charge is 0.231 e. The van der Waals surface area contributed by atoms with Gasteiger partial charge in [0.05, 0.1) is 5.92 Å². The number of hydrogen-bond donors (Lipinski definition) is 2. The number of benzene rings is 1. The molecule has 1 atom stereocenters. The first kappa shape index (κ1) is 12.4. The number of rotatable bonds is 2. The average molecular weight is 248 g/mol. The number of nitrogens with one attached hydrogen (secondary N) is 1. The van der Waals surface area contributed by atoms with Gasteiger partial charge in [0.1, 0.15) is 5.75 Å². The minimum atomic E-state index is -0.185. The second-order valence-electron chi connectivity index (χ2n) is 4.46. The molecule has 0 saturated carbocycles. The fourth-order valence-electron chi connectivity index (χ4n) is 2.05. The molecule has 1 saturated heterocycles. The number of amides is 2. The van der Waals surface area contributed by atoms with Gasteiger partial charge in [-0.2, -0.15) is 0 Å². The van der Waals surface area contributed by atoms with Crippen LogP contribution < -0.4 is 10.2 Å². The molecule has 1 heterocycles. The predicted molar refractivity (Wildman–Crippen MR) is 67.3 cm³/mol. The maximum atomic E-state index is 12.2. The Labute approximate surface area is 105 Å². The molecule has 0 spiro atoms. The van der Waals surface area contributed by atoms with E-state index in [1.54, 1.807) is 31.3 Å². The molecule has 0 radical (unpaired) electrons. The van der Waals surface area contributed by atoms with Gasteiger partial charge in [0.2, 0.25) is 11.8 Å². The summed E-state index contributed by atoms with van der Waals surface area (Å²) in [4.78, 5) is 24.8. The summed E-state index contributed by atoms with van der Waals surface area (Å²) in [6.45, 7) is 0.390. The van der Waals surface area contributed by atoms with Crippen molar-refractivity contribution in [2.45, 2.75) is 12.8 Å². The zero-order valence-corrected chi connectivity index (χ0v) is 10.2. The van der Waals surface area contributed by atoms with Gasteiger partial charge in [0.15, 0.2) is 0 Å². The Bertz CT molecular complexity index is 463. The lowest BCUT2D eigenvalue weighted by Crippen LogP contribution is -2.43. The minimum Gasteiger partial charge on any atom is -0.508 e. The number of piperidine rings is 1. The first-order chi connectivity index (χ1) is 8.58. The number of phenolic OH excluding ortho intramolecular Hbond substituents is 1. The van der Waals surface area contributed by atoms with Gasteiger partial charge in [0, 0.05) is 31.8 Å². The van der Waals surface area contributed by atoms with Crippen molar-refractivity contribution >= 4 is 17.5 Å². The van der Waals surface area contributed by atoms with Gasteiger partial charge in [-0.3, -0.25) is 9.59 Å². The monoisotopic (exact) mass is 248 g/mol. The Hall–Kier alpha value is -2.04. The van der Waals surface area contributed by atoms with E-state index < -0.39 is 0 Å². The molecule has 0 bridgehead atoms. The van der Waals surface area contributed by atoms with Crippen LogP contribution in [-0.4, -0.2) is 30.5 Å². The van der Waals surface area contributed by atoms with Crippen LogP contribution in [0.5, 0.6) is 5.75 Å². The molecule has 0 aliphatic carbocycles. The van der Waals surface area contributed by atoms with E-state index in [2.05, 4.69) is 5.32 Å². The summed E-state index contributed by atoms with van der Waals surface area (Å²) < 4.78 is 0. The molecule has 18 heavy (non-hydrogen) atoms. The first-order valence-electron chi connectivity index (χ1n) is 5.91. The number of phenols is 1. The molecule has 96 valence electrons. The highest BCUT2D eigenvalue weighted by molar-refractivity contribution is 5.95. The second kappa shape index (κ2) is 5.08. The van der Waals surface area contributed by atoms with Gasteiger partial charge in [-0.25, -0.2) is 0 Å². The molecular weight excluding hydrogens is 232 g/mol. The van der Waals surface area contributed by atoms with E-state index in [1.165, 1.54) is 4.90 Å². The third-order valence-corrected chi connectivity index (χ3v) is 3.16. The van der Waals surface area contributed by atoms with Crippen molar-refractivity contribution in [2.75, 3.05) is 18.5 Å². The molecule has 2 rings (SSSR count). The lowest BCUT2D eigenvalue weighted by Gasteiger charge is -2.26. The molecule has 1 aromatic rings. The summed E-state index contributed by atoms with van der Waals surface area (Å²) >= 11 is 0. The van der Waals surface area contributed by atoms with Gasteiger partial charge in [-0.1, -0.05) is 6.07 Å². The number of hydrogen-bond acceptors (Lipinski definition) is 3. The Morgan fingerprint density at radius 3 is 2.89 bits per heavy atom. The molecule has 0 aromatic heterocycles. The molecule has 1 aliphatic rings. The number of anilines is 1. The lowest BCUT2D eigenvalue weighted by molar-refractivity contribution is -0.127. The van der Waals surface area contributed by atoms with Crippen molar-refractivity contribution in [3.63, 3.8) is 0 Å². The number of carbonyl (C=O) groups excluding carboxylic acids is 2. The van der Waals surface area contributed by atoms with Crippen LogP contribution in [0, 0.1) is 5.92 Å². The van der Waals surface area contributed by atoms with E-state index >= 15 is 0 Å². The summed E-state index contributed by atoms with van der Waals surface area (Å²) in [5, 5.41) is 12.1. The molecule has 1 aliphatic heterocycles. The highest BCUT2D eigenvalue weighted by atomic mass is 16.3. The Balaban J connectivity index is 2.07. The van der Waals surface area contributed by atoms with E-state index in [9.17, 15) is 14.7 Å². The maximum absolute atomic E-state index is 12.2. The lowest BCUT2D eigenvalue weighted by atomic mass is 9.97. The van der Waals surface area contributed by atoms with Crippen molar-refractivity contribution < 1.29 is 14.7 Å². The molecular formula is C13H16N2O3. The van der Waals surface area contributed by atoms with E-state index in [0.29, 0.717) is 25.1 Å². The summed E-state index contributed by atoms with van der Waals surface area (Å²) in [6, 6.07) is 6.55. The molecule has 5 heteroatoms. The van der Waals surface area contributed by atoms with Crippen molar-refractivity contribution in [1.82, 2.24) is 5.32 Å². The first-order valence-corrected chi connectivity index (χ1v) is 5.91. The summed E-state index contributed by atoms with van der Waals surface area (Å²) in [6.07, 6.45) is 0.970. The van der Waals surface area contributed by atoms with Crippen LogP contribution in [0.2, 0.25) is 0 Å². The highest BCUT2D eigenvalue weighted by Crippen LogP contribution is 2.22. The van der Waals surface area contributed by atoms with Gasteiger partial charge >= 0.3 is 0 Å².